The molecular weight excluding hydrogens is 246 g/mol. The van der Waals surface area contributed by atoms with Crippen molar-refractivity contribution in [2.75, 3.05) is 12.3 Å². The van der Waals surface area contributed by atoms with E-state index in [9.17, 15) is 8.42 Å². The molecule has 1 aliphatic carbocycles. The summed E-state index contributed by atoms with van der Waals surface area (Å²) in [5, 5.41) is 3.20. The van der Waals surface area contributed by atoms with E-state index in [0.717, 1.165) is 6.54 Å². The molecule has 0 radical (unpaired) electrons. The molecule has 2 unspecified atom stereocenters. The quantitative estimate of drug-likeness (QED) is 0.777. The van der Waals surface area contributed by atoms with Gasteiger partial charge in [0.15, 0.2) is 9.84 Å². The maximum Gasteiger partial charge on any atom is 0.154 e. The molecule has 0 aliphatic heterocycles. The second kappa shape index (κ2) is 7.49. The summed E-state index contributed by atoms with van der Waals surface area (Å²) in [5.74, 6) is 0.873. The van der Waals surface area contributed by atoms with Gasteiger partial charge in [0, 0.05) is 6.04 Å². The Morgan fingerprint density at radius 3 is 2.28 bits per heavy atom. The van der Waals surface area contributed by atoms with Crippen LogP contribution < -0.4 is 5.32 Å². The van der Waals surface area contributed by atoms with E-state index >= 15 is 0 Å². The number of nitrogens with one attached hydrogen (secondary N) is 1. The molecule has 4 heteroatoms. The lowest BCUT2D eigenvalue weighted by atomic mass is 9.84. The maximum absolute atomic E-state index is 12.2. The molecule has 0 saturated heterocycles. The van der Waals surface area contributed by atoms with Crippen molar-refractivity contribution in [2.45, 2.75) is 70.6 Å². The van der Waals surface area contributed by atoms with Crippen LogP contribution in [0.4, 0.5) is 0 Å². The van der Waals surface area contributed by atoms with Crippen LogP contribution in [0.3, 0.4) is 0 Å². The topological polar surface area (TPSA) is 46.2 Å². The molecular formula is C14H29NO2S. The SMILES string of the molecule is CCNC(CS(=O)(=O)C(C)CC)C1CCCCC1. The first-order chi connectivity index (χ1) is 8.51. The molecule has 108 valence electrons. The van der Waals surface area contributed by atoms with Gasteiger partial charge in [-0.1, -0.05) is 33.1 Å². The van der Waals surface area contributed by atoms with Gasteiger partial charge in [0.05, 0.1) is 11.0 Å². The third-order valence-electron chi connectivity index (χ3n) is 4.29. The molecule has 3 nitrogen and oxygen atoms in total. The molecule has 0 spiro atoms. The molecule has 0 aromatic heterocycles. The van der Waals surface area contributed by atoms with Gasteiger partial charge in [-0.2, -0.15) is 0 Å². The molecule has 0 aromatic rings. The Kier molecular flexibility index (Phi) is 6.64. The fraction of sp³-hybridized carbons (Fsp3) is 1.00. The second-order valence-electron chi connectivity index (χ2n) is 5.61. The molecule has 2 atom stereocenters. The van der Waals surface area contributed by atoms with Gasteiger partial charge in [-0.25, -0.2) is 8.42 Å². The fourth-order valence-electron chi connectivity index (χ4n) is 2.83. The van der Waals surface area contributed by atoms with E-state index in [1.54, 1.807) is 0 Å². The first kappa shape index (κ1) is 16.0. The van der Waals surface area contributed by atoms with Crippen LogP contribution in [0.25, 0.3) is 0 Å². The van der Waals surface area contributed by atoms with Gasteiger partial charge >= 0.3 is 0 Å². The van der Waals surface area contributed by atoms with Crippen LogP contribution in [-0.4, -0.2) is 32.0 Å². The van der Waals surface area contributed by atoms with Gasteiger partial charge in [0.25, 0.3) is 0 Å². The lowest BCUT2D eigenvalue weighted by molar-refractivity contribution is 0.285. The van der Waals surface area contributed by atoms with Crippen molar-refractivity contribution < 1.29 is 8.42 Å². The molecule has 1 N–H and O–H groups in total. The second-order valence-corrected chi connectivity index (χ2v) is 8.07. The Morgan fingerprint density at radius 2 is 1.78 bits per heavy atom. The molecule has 1 rings (SSSR count). The maximum atomic E-state index is 12.2. The van der Waals surface area contributed by atoms with Crippen molar-refractivity contribution in [3.8, 4) is 0 Å². The smallest absolute Gasteiger partial charge is 0.154 e. The van der Waals surface area contributed by atoms with E-state index < -0.39 is 9.84 Å². The van der Waals surface area contributed by atoms with E-state index in [4.69, 9.17) is 0 Å². The van der Waals surface area contributed by atoms with Gasteiger partial charge in [-0.3, -0.25) is 0 Å². The largest absolute Gasteiger partial charge is 0.313 e. The number of hydrogen-bond donors (Lipinski definition) is 1. The van der Waals surface area contributed by atoms with Gasteiger partial charge in [0.2, 0.25) is 0 Å². The van der Waals surface area contributed by atoms with E-state index in [2.05, 4.69) is 12.2 Å². The molecule has 0 heterocycles. The van der Waals surface area contributed by atoms with Crippen LogP contribution in [0, 0.1) is 5.92 Å². The summed E-state index contributed by atoms with van der Waals surface area (Å²) in [6.07, 6.45) is 6.92. The van der Waals surface area contributed by atoms with Crippen LogP contribution in [0.2, 0.25) is 0 Å². The molecule has 18 heavy (non-hydrogen) atoms. The summed E-state index contributed by atoms with van der Waals surface area (Å²) in [5.41, 5.74) is 0. The average Bonchev–Trinajstić information content (AvgIpc) is 2.38. The van der Waals surface area contributed by atoms with Gasteiger partial charge in [-0.05, 0) is 38.6 Å². The van der Waals surface area contributed by atoms with Crippen molar-refractivity contribution in [1.29, 1.82) is 0 Å². The lowest BCUT2D eigenvalue weighted by Crippen LogP contribution is -2.44. The minimum Gasteiger partial charge on any atom is -0.313 e. The first-order valence-electron chi connectivity index (χ1n) is 7.46. The van der Waals surface area contributed by atoms with E-state index in [0.29, 0.717) is 18.1 Å². The third-order valence-corrected chi connectivity index (χ3v) is 6.67. The van der Waals surface area contributed by atoms with Gasteiger partial charge in [-0.15, -0.1) is 0 Å². The number of hydrogen-bond acceptors (Lipinski definition) is 3. The summed E-state index contributed by atoms with van der Waals surface area (Å²) in [4.78, 5) is 0. The van der Waals surface area contributed by atoms with E-state index in [-0.39, 0.29) is 11.3 Å². The predicted octanol–water partition coefficient (Wildman–Crippen LogP) is 2.76. The minimum absolute atomic E-state index is 0.161. The highest BCUT2D eigenvalue weighted by atomic mass is 32.2. The van der Waals surface area contributed by atoms with Crippen molar-refractivity contribution >= 4 is 9.84 Å². The first-order valence-corrected chi connectivity index (χ1v) is 9.17. The Morgan fingerprint density at radius 1 is 1.17 bits per heavy atom. The highest BCUT2D eigenvalue weighted by molar-refractivity contribution is 7.92. The van der Waals surface area contributed by atoms with Gasteiger partial charge in [0.1, 0.15) is 0 Å². The zero-order chi connectivity index (χ0) is 13.6. The zero-order valence-corrected chi connectivity index (χ0v) is 12.9. The Labute approximate surface area is 113 Å². The average molecular weight is 275 g/mol. The van der Waals surface area contributed by atoms with Crippen molar-refractivity contribution in [3.05, 3.63) is 0 Å². The third kappa shape index (κ3) is 4.54. The summed E-state index contributed by atoms with van der Waals surface area (Å²) in [6, 6.07) is 0.161. The van der Waals surface area contributed by atoms with Crippen LogP contribution in [0.5, 0.6) is 0 Å². The summed E-state index contributed by atoms with van der Waals surface area (Å²) in [6.45, 7) is 6.70. The predicted molar refractivity (Wildman–Crippen MR) is 77.6 cm³/mol. The van der Waals surface area contributed by atoms with Crippen LogP contribution >= 0.6 is 0 Å². The van der Waals surface area contributed by atoms with E-state index in [1.165, 1.54) is 32.1 Å². The monoisotopic (exact) mass is 275 g/mol. The summed E-state index contributed by atoms with van der Waals surface area (Å²) >= 11 is 0. The van der Waals surface area contributed by atoms with Crippen molar-refractivity contribution in [2.24, 2.45) is 5.92 Å². The van der Waals surface area contributed by atoms with Crippen molar-refractivity contribution in [1.82, 2.24) is 5.32 Å². The Balaban J connectivity index is 2.67. The van der Waals surface area contributed by atoms with Crippen LogP contribution in [-0.2, 0) is 9.84 Å². The summed E-state index contributed by atoms with van der Waals surface area (Å²) in [7, 11) is -2.94. The lowest BCUT2D eigenvalue weighted by Gasteiger charge is -2.31. The molecule has 1 fully saturated rings. The summed E-state index contributed by atoms with van der Waals surface area (Å²) < 4.78 is 24.5. The standard InChI is InChI=1S/C14H29NO2S/c1-4-12(3)18(16,17)11-14(15-5-2)13-9-7-6-8-10-13/h12-15H,4-11H2,1-3H3. The van der Waals surface area contributed by atoms with Crippen LogP contribution in [0.15, 0.2) is 0 Å². The number of sulfone groups is 1. The zero-order valence-electron chi connectivity index (χ0n) is 12.1. The van der Waals surface area contributed by atoms with Gasteiger partial charge < -0.3 is 5.32 Å². The Hall–Kier alpha value is -0.0900. The van der Waals surface area contributed by atoms with E-state index in [1.807, 2.05) is 13.8 Å². The minimum atomic E-state index is -2.94. The Bertz CT molecular complexity index is 321. The number of rotatable bonds is 7. The molecule has 1 saturated carbocycles. The molecule has 1 aliphatic rings. The molecule has 0 bridgehead atoms. The molecule has 0 aromatic carbocycles. The van der Waals surface area contributed by atoms with Crippen molar-refractivity contribution in [3.63, 3.8) is 0 Å². The normalized spacial score (nSPS) is 21.7. The highest BCUT2D eigenvalue weighted by Gasteiger charge is 2.29. The highest BCUT2D eigenvalue weighted by Crippen LogP contribution is 2.27. The van der Waals surface area contributed by atoms with Crippen LogP contribution in [0.1, 0.15) is 59.3 Å². The molecule has 0 amide bonds. The fourth-order valence-corrected chi connectivity index (χ4v) is 4.56.